The quantitative estimate of drug-likeness (QED) is 0.0722. The Labute approximate surface area is 353 Å². The molecule has 0 spiro atoms. The van der Waals surface area contributed by atoms with Gasteiger partial charge in [0.05, 0.1) is 56.8 Å². The Balaban J connectivity index is 0.000000231. The average Bonchev–Trinajstić information content (AvgIpc) is 3.89. The van der Waals surface area contributed by atoms with Gasteiger partial charge in [0.2, 0.25) is 0 Å². The number of aromatic nitrogens is 3. The maximum atomic E-state index is 11.8. The maximum absolute atomic E-state index is 11.8. The van der Waals surface area contributed by atoms with E-state index in [0.29, 0.717) is 15.9 Å². The van der Waals surface area contributed by atoms with E-state index in [0.717, 1.165) is 10.6 Å². The van der Waals surface area contributed by atoms with Gasteiger partial charge < -0.3 is 73.4 Å². The Hall–Kier alpha value is -1.21. The van der Waals surface area contributed by atoms with Crippen molar-refractivity contribution < 1.29 is 118 Å². The van der Waals surface area contributed by atoms with Crippen molar-refractivity contribution in [3.05, 3.63) is 51.3 Å². The molecular formula is C23H32N4O25P6S3. The van der Waals surface area contributed by atoms with Crippen molar-refractivity contribution in [3.8, 4) is 0 Å². The Bertz CT molecular complexity index is 2490. The van der Waals surface area contributed by atoms with Crippen molar-refractivity contribution >= 4 is 104 Å². The second-order valence-corrected chi connectivity index (χ2v) is 23.0. The summed E-state index contributed by atoms with van der Waals surface area (Å²) in [6.45, 7) is 2.31. The average molecular weight is 1050 g/mol. The zero-order chi connectivity index (χ0) is 45.5. The summed E-state index contributed by atoms with van der Waals surface area (Å²) in [5, 5.41) is 30.7. The molecule has 2 fully saturated rings. The van der Waals surface area contributed by atoms with Crippen LogP contribution in [-0.4, -0.2) is 124 Å². The first-order valence-corrected chi connectivity index (χ1v) is 27.1. The first kappa shape index (κ1) is 50.8. The van der Waals surface area contributed by atoms with Crippen LogP contribution in [0, 0.1) is 4.64 Å². The molecule has 6 heterocycles. The van der Waals surface area contributed by atoms with E-state index < -0.39 is 103 Å². The molecule has 342 valence electrons. The van der Waals surface area contributed by atoms with Gasteiger partial charge in [0.15, 0.2) is 6.23 Å². The fourth-order valence-electron chi connectivity index (χ4n) is 5.36. The van der Waals surface area contributed by atoms with E-state index in [2.05, 4.69) is 42.8 Å². The Morgan fingerprint density at radius 2 is 1.33 bits per heavy atom. The number of thiazole rings is 2. The molecule has 29 nitrogen and oxygen atoms in total. The topological polar surface area (TPSA) is 433 Å². The number of aliphatic hydroxyl groups excluding tert-OH is 3. The molecule has 0 radical (unpaired) electrons. The van der Waals surface area contributed by atoms with E-state index in [4.69, 9.17) is 51.1 Å². The third-order valence-corrected chi connectivity index (χ3v) is 17.6. The first-order valence-electron chi connectivity index (χ1n) is 15.9. The molecular weight excluding hydrogens is 1010 g/mol. The molecule has 61 heavy (non-hydrogen) atoms. The molecule has 3 aromatic heterocycles. The highest BCUT2D eigenvalue weighted by atomic mass is 32.1. The number of phosphoric acid groups is 6. The zero-order valence-corrected chi connectivity index (χ0v) is 37.5. The fourth-order valence-corrected chi connectivity index (χ4v) is 13.3. The largest absolute Gasteiger partial charge is 0.490 e. The number of ether oxygens (including phenoxy) is 2. The molecule has 11 N–H and O–H groups in total. The first-order chi connectivity index (χ1) is 28.0. The molecule has 2 saturated heterocycles. The minimum Gasteiger partial charge on any atom is -0.390 e. The highest BCUT2D eigenvalue weighted by molar-refractivity contribution is 7.72. The van der Waals surface area contributed by atoms with Crippen molar-refractivity contribution in [2.45, 2.75) is 49.4 Å². The molecule has 6 rings (SSSR count). The van der Waals surface area contributed by atoms with Gasteiger partial charge >= 0.3 is 46.9 Å². The van der Waals surface area contributed by atoms with Gasteiger partial charge in [0, 0.05) is 18.8 Å². The van der Waals surface area contributed by atoms with Crippen molar-refractivity contribution in [2.24, 2.45) is 0 Å². The minimum atomic E-state index is -5.68. The lowest BCUT2D eigenvalue weighted by atomic mass is 10.1. The Morgan fingerprint density at radius 1 is 0.770 bits per heavy atom. The number of rotatable bonds is 16. The van der Waals surface area contributed by atoms with Crippen LogP contribution >= 0.6 is 81.8 Å². The van der Waals surface area contributed by atoms with Crippen LogP contribution in [0.3, 0.4) is 0 Å². The molecule has 6 unspecified atom stereocenters. The fraction of sp³-hybridized carbons (Fsp3) is 0.435. The molecule has 11 atom stereocenters. The van der Waals surface area contributed by atoms with Crippen LogP contribution < -0.4 is 0 Å². The van der Waals surface area contributed by atoms with Crippen LogP contribution in [0.25, 0.3) is 22.0 Å². The smallest absolute Gasteiger partial charge is 0.390 e. The normalized spacial score (nSPS) is 28.3. The van der Waals surface area contributed by atoms with Crippen molar-refractivity contribution in [1.29, 1.82) is 0 Å². The van der Waals surface area contributed by atoms with Gasteiger partial charge in [0.25, 0.3) is 0 Å². The zero-order valence-electron chi connectivity index (χ0n) is 29.7. The Kier molecular flexibility index (Phi) is 16.1. The van der Waals surface area contributed by atoms with Crippen molar-refractivity contribution in [3.63, 3.8) is 0 Å². The molecule has 3 aromatic rings. The lowest BCUT2D eigenvalue weighted by Crippen LogP contribution is -2.33. The molecule has 38 heteroatoms. The summed E-state index contributed by atoms with van der Waals surface area (Å²) in [6, 6.07) is 1.60. The van der Waals surface area contributed by atoms with Crippen LogP contribution in [0.2, 0.25) is 0 Å². The standard InChI is InChI=1S/C12H17N2O12P3S.C11H15N2O13P3S2/c1-7-12-8(13-6-30-12)2-3-14(7)11-4-9(15)10(24-11)5-23-28(19,20)26-29(21,22)25-27(16,17)18;14-7-6(3-23-28(19,20)26-29(21,22)25-27(16,17)18)24-10(8(7)15)13-2-1-5-9(11(13)30)31-4-12-5/h2-3,6,9-11,15H,1,4-5H2,(H,19,20)(H,21,22)(H2,16,17,18);1-2,4,6-8,10,14-15H,3H2,(H,19,20)(H,21,22)(H2,16,17,18)/t9?,10-,11-;6-,7?,8+,10-/m11/s1. The number of aliphatic hydroxyl groups is 3. The van der Waals surface area contributed by atoms with Gasteiger partial charge in [-0.1, -0.05) is 18.8 Å². The maximum Gasteiger partial charge on any atom is 0.490 e. The number of hydrogen-bond acceptors (Lipinski definition) is 23. The number of hydrogen-bond donors (Lipinski definition) is 11. The predicted molar refractivity (Wildman–Crippen MR) is 205 cm³/mol. The van der Waals surface area contributed by atoms with Crippen LogP contribution in [-0.2, 0) is 63.2 Å². The van der Waals surface area contributed by atoms with E-state index in [9.17, 15) is 52.5 Å². The lowest BCUT2D eigenvalue weighted by molar-refractivity contribution is -0.0525. The number of fused-ring (bicyclic) bond motifs is 2. The van der Waals surface area contributed by atoms with E-state index in [1.807, 2.05) is 0 Å². The second kappa shape index (κ2) is 19.3. The third kappa shape index (κ3) is 13.9. The summed E-state index contributed by atoms with van der Waals surface area (Å²) in [5.74, 6) is 0. The summed E-state index contributed by atoms with van der Waals surface area (Å²) in [7, 11) is -33.0. The van der Waals surface area contributed by atoms with Gasteiger partial charge in [-0.15, -0.1) is 22.7 Å². The van der Waals surface area contributed by atoms with E-state index in [1.165, 1.54) is 33.4 Å². The van der Waals surface area contributed by atoms with Crippen LogP contribution in [0.5, 0.6) is 0 Å². The van der Waals surface area contributed by atoms with E-state index in [-0.39, 0.29) is 11.1 Å². The molecule has 3 aliphatic heterocycles. The third-order valence-electron chi connectivity index (χ3n) is 7.74. The molecule has 0 aromatic carbocycles. The van der Waals surface area contributed by atoms with Gasteiger partial charge in [-0.05, 0) is 12.1 Å². The molecule has 0 saturated carbocycles. The number of pyridine rings is 1. The minimum absolute atomic E-state index is 0.0852. The summed E-state index contributed by atoms with van der Waals surface area (Å²) in [4.78, 5) is 82.0. The lowest BCUT2D eigenvalue weighted by Gasteiger charge is -2.30. The number of nitrogens with zero attached hydrogens (tertiary/aromatic N) is 4. The predicted octanol–water partition coefficient (Wildman–Crippen LogP) is 2.01. The highest BCUT2D eigenvalue weighted by Gasteiger charge is 2.47. The highest BCUT2D eigenvalue weighted by Crippen LogP contribution is 2.67. The van der Waals surface area contributed by atoms with E-state index >= 15 is 0 Å². The van der Waals surface area contributed by atoms with Crippen LogP contribution in [0.1, 0.15) is 23.2 Å². The molecule has 3 aliphatic rings. The number of phosphoric ester groups is 2. The summed E-state index contributed by atoms with van der Waals surface area (Å²) < 4.78 is 104. The van der Waals surface area contributed by atoms with Gasteiger partial charge in [-0.2, -0.15) is 17.2 Å². The monoisotopic (exact) mass is 1050 g/mol. The summed E-state index contributed by atoms with van der Waals surface area (Å²) in [6.07, 6.45) is -3.78. The van der Waals surface area contributed by atoms with Crippen LogP contribution in [0.4, 0.5) is 0 Å². The summed E-state index contributed by atoms with van der Waals surface area (Å²) in [5.41, 5.74) is 5.16. The molecule has 0 bridgehead atoms. The van der Waals surface area contributed by atoms with Crippen molar-refractivity contribution in [1.82, 2.24) is 19.4 Å². The van der Waals surface area contributed by atoms with Crippen LogP contribution in [0.15, 0.2) is 36.1 Å². The summed E-state index contributed by atoms with van der Waals surface area (Å²) >= 11 is 7.95. The molecule has 0 amide bonds. The second-order valence-electron chi connectivity index (χ2n) is 12.1. The molecule has 0 aliphatic carbocycles. The SMILES string of the molecule is C=C1c2scnc2C=CN1[C@H]1CC(O)[C@@H](COP(=O)(O)OP(=O)(O)OP(=O)(O)O)O1.O=P(O)(O)OP(=O)(O)OP(=O)(O)OC[C@H]1O[C@@H](n2ccc3ncsc3c2=S)[C@@H](O)C1O. The Morgan fingerprint density at radius 3 is 1.90 bits per heavy atom. The van der Waals surface area contributed by atoms with Gasteiger partial charge in [0.1, 0.15) is 35.3 Å². The van der Waals surface area contributed by atoms with Crippen molar-refractivity contribution in [2.75, 3.05) is 13.2 Å². The van der Waals surface area contributed by atoms with Gasteiger partial charge in [-0.25, -0.2) is 37.4 Å². The van der Waals surface area contributed by atoms with E-state index in [1.54, 1.807) is 34.3 Å². The van der Waals surface area contributed by atoms with Gasteiger partial charge in [-0.3, -0.25) is 9.05 Å².